The fourth-order valence-electron chi connectivity index (χ4n) is 0.755. The monoisotopic (exact) mass is 161 g/mol. The Morgan fingerprint density at radius 2 is 2.08 bits per heavy atom. The molecule has 0 aromatic heterocycles. The van der Waals surface area contributed by atoms with Crippen LogP contribution < -0.4 is 0 Å². The third kappa shape index (κ3) is 2.10. The topological polar surface area (TPSA) is 50.1 Å². The summed E-state index contributed by atoms with van der Waals surface area (Å²) in [5.41, 5.74) is 0.466. The molecule has 1 rings (SSSR count). The average Bonchev–Trinajstić information content (AvgIpc) is 2.15. The van der Waals surface area contributed by atoms with Crippen LogP contribution >= 0.6 is 0 Å². The molecule has 12 heavy (non-hydrogen) atoms. The van der Waals surface area contributed by atoms with E-state index in [9.17, 15) is 4.79 Å². The van der Waals surface area contributed by atoms with Crippen LogP contribution in [0.5, 0.6) is 0 Å². The maximum atomic E-state index is 11.0. The number of esters is 1. The molecule has 0 atom stereocenters. The highest BCUT2D eigenvalue weighted by Gasteiger charge is 2.03. The number of benzene rings is 1. The minimum atomic E-state index is -0.461. The quantitative estimate of drug-likeness (QED) is 0.615. The van der Waals surface area contributed by atoms with Crippen LogP contribution in [0.2, 0.25) is 0 Å². The van der Waals surface area contributed by atoms with Crippen LogP contribution in [0.1, 0.15) is 10.4 Å². The minimum absolute atomic E-state index is 0.201. The van der Waals surface area contributed by atoms with Gasteiger partial charge in [-0.05, 0) is 12.1 Å². The van der Waals surface area contributed by atoms with Gasteiger partial charge >= 0.3 is 5.97 Å². The van der Waals surface area contributed by atoms with Crippen molar-refractivity contribution in [1.82, 2.24) is 0 Å². The number of nitriles is 1. The summed E-state index contributed by atoms with van der Waals surface area (Å²) in [6.07, 6.45) is 0. The maximum Gasteiger partial charge on any atom is 0.339 e. The Labute approximate surface area is 70.2 Å². The number of nitrogens with zero attached hydrogens (tertiary/aromatic N) is 1. The van der Waals surface area contributed by atoms with Crippen LogP contribution in [-0.2, 0) is 4.74 Å². The third-order valence-corrected chi connectivity index (χ3v) is 1.28. The Hall–Kier alpha value is -1.82. The van der Waals surface area contributed by atoms with E-state index in [2.05, 4.69) is 4.74 Å². The van der Waals surface area contributed by atoms with E-state index in [1.807, 2.05) is 0 Å². The zero-order chi connectivity index (χ0) is 8.81. The normalized spacial score (nSPS) is 8.58. The van der Waals surface area contributed by atoms with Crippen molar-refractivity contribution in [1.29, 1.82) is 5.26 Å². The number of rotatable bonds is 2. The van der Waals surface area contributed by atoms with Crippen LogP contribution in [0.3, 0.4) is 0 Å². The average molecular weight is 161 g/mol. The Kier molecular flexibility index (Phi) is 2.86. The summed E-state index contributed by atoms with van der Waals surface area (Å²) in [5.74, 6) is -0.461. The third-order valence-electron chi connectivity index (χ3n) is 1.28. The first-order chi connectivity index (χ1) is 5.84. The molecule has 60 valence electrons. The van der Waals surface area contributed by atoms with Crippen molar-refractivity contribution in [3.8, 4) is 6.07 Å². The summed E-state index contributed by atoms with van der Waals surface area (Å²) in [6, 6.07) is 10.3. The van der Waals surface area contributed by atoms with Crippen LogP contribution in [-0.4, -0.2) is 12.6 Å². The zero-order valence-corrected chi connectivity index (χ0v) is 6.36. The van der Waals surface area contributed by atoms with Gasteiger partial charge in [0.15, 0.2) is 6.61 Å². The molecular formula is C9H7NO2. The first-order valence-corrected chi connectivity index (χ1v) is 3.43. The Morgan fingerprint density at radius 3 is 2.67 bits per heavy atom. The number of carbonyl (C=O) groups excluding carboxylic acids is 1. The Bertz CT molecular complexity index is 300. The van der Waals surface area contributed by atoms with Crippen LogP contribution in [0.25, 0.3) is 0 Å². The highest BCUT2D eigenvalue weighted by atomic mass is 16.5. The van der Waals surface area contributed by atoms with Crippen LogP contribution in [0.4, 0.5) is 0 Å². The largest absolute Gasteiger partial charge is 0.447 e. The molecule has 0 radical (unpaired) electrons. The van der Waals surface area contributed by atoms with E-state index < -0.39 is 5.97 Å². The second-order valence-corrected chi connectivity index (χ2v) is 2.10. The summed E-state index contributed by atoms with van der Waals surface area (Å²) in [6.45, 7) is -0.201. The van der Waals surface area contributed by atoms with E-state index in [0.717, 1.165) is 0 Å². The fourth-order valence-corrected chi connectivity index (χ4v) is 0.755. The highest BCUT2D eigenvalue weighted by molar-refractivity contribution is 5.89. The first kappa shape index (κ1) is 8.28. The summed E-state index contributed by atoms with van der Waals surface area (Å²) in [7, 11) is 0. The molecule has 0 saturated carbocycles. The van der Waals surface area contributed by atoms with Gasteiger partial charge < -0.3 is 4.74 Å². The van der Waals surface area contributed by atoms with Gasteiger partial charge in [-0.1, -0.05) is 18.2 Å². The molecular weight excluding hydrogens is 154 g/mol. The molecule has 1 aromatic carbocycles. The van der Waals surface area contributed by atoms with Gasteiger partial charge in [0, 0.05) is 0 Å². The van der Waals surface area contributed by atoms with E-state index in [4.69, 9.17) is 5.26 Å². The maximum absolute atomic E-state index is 11.0. The molecule has 1 aromatic rings. The smallest absolute Gasteiger partial charge is 0.339 e. The highest BCUT2D eigenvalue weighted by Crippen LogP contribution is 1.99. The summed E-state index contributed by atoms with van der Waals surface area (Å²) in [5, 5.41) is 8.13. The van der Waals surface area contributed by atoms with Crippen LogP contribution in [0, 0.1) is 11.3 Å². The standard InChI is InChI=1S/C9H7NO2/c10-6-7-12-9(11)8-4-2-1-3-5-8/h1-5H,7H2. The number of hydrogen-bond donors (Lipinski definition) is 0. The molecule has 0 aliphatic heterocycles. The van der Waals surface area contributed by atoms with Gasteiger partial charge in [0.05, 0.1) is 5.56 Å². The van der Waals surface area contributed by atoms with E-state index in [1.54, 1.807) is 36.4 Å². The van der Waals surface area contributed by atoms with Gasteiger partial charge in [-0.3, -0.25) is 0 Å². The molecule has 0 spiro atoms. The molecule has 0 heterocycles. The van der Waals surface area contributed by atoms with E-state index in [1.165, 1.54) is 0 Å². The van der Waals surface area contributed by atoms with Gasteiger partial charge in [-0.2, -0.15) is 5.26 Å². The SMILES string of the molecule is N#CCOC(=O)c1ccccc1. The molecule has 0 bridgehead atoms. The van der Waals surface area contributed by atoms with Crippen molar-refractivity contribution >= 4 is 5.97 Å². The molecule has 0 unspecified atom stereocenters. The van der Waals surface area contributed by atoms with Gasteiger partial charge in [0.2, 0.25) is 0 Å². The lowest BCUT2D eigenvalue weighted by Gasteiger charge is -1.98. The van der Waals surface area contributed by atoms with E-state index in [-0.39, 0.29) is 6.61 Å². The molecule has 0 amide bonds. The van der Waals surface area contributed by atoms with Gasteiger partial charge in [-0.15, -0.1) is 0 Å². The second-order valence-electron chi connectivity index (χ2n) is 2.10. The van der Waals surface area contributed by atoms with Crippen molar-refractivity contribution in [2.24, 2.45) is 0 Å². The molecule has 3 heteroatoms. The summed E-state index contributed by atoms with van der Waals surface area (Å²) < 4.78 is 4.58. The fraction of sp³-hybridized carbons (Fsp3) is 0.111. The van der Waals surface area contributed by atoms with Crippen molar-refractivity contribution in [2.75, 3.05) is 6.61 Å². The predicted octanol–water partition coefficient (Wildman–Crippen LogP) is 1.37. The number of carbonyl (C=O) groups is 1. The van der Waals surface area contributed by atoms with E-state index >= 15 is 0 Å². The van der Waals surface area contributed by atoms with Gasteiger partial charge in [0.25, 0.3) is 0 Å². The second kappa shape index (κ2) is 4.14. The van der Waals surface area contributed by atoms with Crippen LogP contribution in [0.15, 0.2) is 30.3 Å². The lowest BCUT2D eigenvalue weighted by atomic mass is 10.2. The molecule has 0 N–H and O–H groups in total. The summed E-state index contributed by atoms with van der Waals surface area (Å²) >= 11 is 0. The molecule has 0 aliphatic rings. The number of hydrogen-bond acceptors (Lipinski definition) is 3. The lowest BCUT2D eigenvalue weighted by Crippen LogP contribution is -2.04. The zero-order valence-electron chi connectivity index (χ0n) is 6.36. The van der Waals surface area contributed by atoms with Crippen molar-refractivity contribution in [2.45, 2.75) is 0 Å². The number of ether oxygens (including phenoxy) is 1. The molecule has 3 nitrogen and oxygen atoms in total. The molecule has 0 fully saturated rings. The minimum Gasteiger partial charge on any atom is -0.447 e. The van der Waals surface area contributed by atoms with Gasteiger partial charge in [-0.25, -0.2) is 4.79 Å². The molecule has 0 saturated heterocycles. The van der Waals surface area contributed by atoms with Crippen molar-refractivity contribution in [3.05, 3.63) is 35.9 Å². The predicted molar refractivity (Wildman–Crippen MR) is 42.3 cm³/mol. The Morgan fingerprint density at radius 1 is 1.42 bits per heavy atom. The van der Waals surface area contributed by atoms with Crippen molar-refractivity contribution in [3.63, 3.8) is 0 Å². The molecule has 0 aliphatic carbocycles. The van der Waals surface area contributed by atoms with Gasteiger partial charge in [0.1, 0.15) is 6.07 Å². The Balaban J connectivity index is 2.61. The first-order valence-electron chi connectivity index (χ1n) is 3.43. The summed E-state index contributed by atoms with van der Waals surface area (Å²) in [4.78, 5) is 11.0. The lowest BCUT2D eigenvalue weighted by molar-refractivity contribution is 0.0555. The van der Waals surface area contributed by atoms with Crippen molar-refractivity contribution < 1.29 is 9.53 Å². The van der Waals surface area contributed by atoms with E-state index in [0.29, 0.717) is 5.56 Å².